The van der Waals surface area contributed by atoms with E-state index in [1.165, 1.54) is 0 Å². The van der Waals surface area contributed by atoms with Gasteiger partial charge in [-0.15, -0.1) is 0 Å². The Hall–Kier alpha value is -3.98. The van der Waals surface area contributed by atoms with E-state index < -0.39 is 0 Å². The van der Waals surface area contributed by atoms with Crippen LogP contribution in [0.15, 0.2) is 88.8 Å². The molecule has 37 heavy (non-hydrogen) atoms. The van der Waals surface area contributed by atoms with Gasteiger partial charge in [0, 0.05) is 16.7 Å². The Balaban J connectivity index is 0.00000127. The quantitative estimate of drug-likeness (QED) is 0.266. The summed E-state index contributed by atoms with van der Waals surface area (Å²) in [4.78, 5) is 47.2. The smallest absolute Gasteiger partial charge is 1.00 e. The van der Waals surface area contributed by atoms with Crippen molar-refractivity contribution in [2.24, 2.45) is 9.98 Å². The summed E-state index contributed by atoms with van der Waals surface area (Å²) in [5.41, 5.74) is 3.77. The topological polar surface area (TPSA) is 122 Å². The van der Waals surface area contributed by atoms with Crippen LogP contribution < -0.4 is 35.4 Å². The number of nitrogens with zero attached hydrogens (tertiary/aromatic N) is 5. The molecule has 1 aromatic heterocycles. The molecule has 0 saturated carbocycles. The number of rotatable bonds is 3. The molecule has 0 saturated heterocycles. The van der Waals surface area contributed by atoms with E-state index in [4.69, 9.17) is 0 Å². The summed E-state index contributed by atoms with van der Waals surface area (Å²) in [6.45, 7) is 0. The maximum Gasteiger partial charge on any atom is 2.00 e. The number of benzene rings is 3. The van der Waals surface area contributed by atoms with Crippen LogP contribution >= 0.6 is 0 Å². The zero-order valence-electron chi connectivity index (χ0n) is 18.6. The maximum atomic E-state index is 12.5. The molecule has 6 rings (SSSR count). The fraction of sp³-hybridized carbons (Fsp3) is 0. The van der Waals surface area contributed by atoms with Crippen LogP contribution in [0.1, 0.15) is 11.1 Å². The summed E-state index contributed by atoms with van der Waals surface area (Å²) >= 11 is 0. The second kappa shape index (κ2) is 11.4. The molecule has 0 spiro atoms. The van der Waals surface area contributed by atoms with Crippen LogP contribution in [-0.2, 0) is 26.1 Å². The minimum atomic E-state index is -0.347. The van der Waals surface area contributed by atoms with Crippen molar-refractivity contribution in [1.82, 2.24) is 15.0 Å². The van der Waals surface area contributed by atoms with Crippen LogP contribution in [-0.4, -0.2) is 38.2 Å². The second-order valence-electron chi connectivity index (χ2n) is 7.55. The molecule has 2 N–H and O–H groups in total. The zero-order valence-corrected chi connectivity index (χ0v) is 21.1. The zero-order chi connectivity index (χ0) is 23.1. The number of fused-ring (bicyclic) bond motifs is 2. The fourth-order valence-electron chi connectivity index (χ4n) is 3.80. The van der Waals surface area contributed by atoms with Crippen LogP contribution in [0.3, 0.4) is 0 Å². The number of hydrogen-bond donors (Lipinski definition) is 2. The molecule has 4 aromatic rings. The van der Waals surface area contributed by atoms with Gasteiger partial charge in [0.2, 0.25) is 0 Å². The molecule has 9 nitrogen and oxygen atoms in total. The van der Waals surface area contributed by atoms with Crippen LogP contribution in [0.5, 0.6) is 0 Å². The number of carbonyl (C=O) groups is 2. The molecule has 186 valence electrons. The number of aromatic nitrogens is 3. The van der Waals surface area contributed by atoms with E-state index in [0.29, 0.717) is 28.3 Å². The molecule has 0 aliphatic carbocycles. The van der Waals surface area contributed by atoms with Crippen molar-refractivity contribution in [1.29, 1.82) is 0 Å². The molecule has 2 amide bonds. The van der Waals surface area contributed by atoms with E-state index in [-0.39, 0.29) is 76.4 Å². The Bertz CT molecular complexity index is 1470. The largest absolute Gasteiger partial charge is 2.00 e. The Kier molecular flexibility index (Phi) is 8.50. The Morgan fingerprint density at radius 2 is 1.00 bits per heavy atom. The van der Waals surface area contributed by atoms with Crippen molar-refractivity contribution in [2.75, 3.05) is 10.6 Å². The predicted octanol–water partition coefficient (Wildman–Crippen LogP) is -2.31. The maximum absolute atomic E-state index is 12.5. The number of aliphatic imine (C=N–C) groups is 2. The summed E-state index contributed by atoms with van der Waals surface area (Å²) in [6, 6.07) is 23.8. The van der Waals surface area contributed by atoms with Gasteiger partial charge in [0.25, 0.3) is 23.7 Å². The third-order valence-electron chi connectivity index (χ3n) is 5.36. The van der Waals surface area contributed by atoms with Gasteiger partial charge in [0.05, 0.1) is 11.4 Å². The summed E-state index contributed by atoms with van der Waals surface area (Å²) in [5.74, 6) is -0.337. The van der Waals surface area contributed by atoms with E-state index in [2.05, 4.69) is 35.6 Å². The molecule has 0 unspecified atom stereocenters. The third-order valence-corrected chi connectivity index (χ3v) is 5.36. The molecule has 0 fully saturated rings. The van der Waals surface area contributed by atoms with Gasteiger partial charge in [0.15, 0.2) is 5.82 Å². The van der Waals surface area contributed by atoms with Gasteiger partial charge in [0.1, 0.15) is 11.4 Å². The van der Waals surface area contributed by atoms with Crippen molar-refractivity contribution in [3.8, 4) is 11.4 Å². The molecular formula is C25H15Cl2N7NiO2. The fourth-order valence-corrected chi connectivity index (χ4v) is 3.80. The van der Waals surface area contributed by atoms with Gasteiger partial charge in [-0.05, 0) is 12.1 Å². The average molecular weight is 575 g/mol. The van der Waals surface area contributed by atoms with Gasteiger partial charge in [-0.2, -0.15) is 15.0 Å². The summed E-state index contributed by atoms with van der Waals surface area (Å²) in [5, 5.41) is 5.57. The standard InChI is InChI=1S/C25H15N7O2.2ClH.Ni/c33-22-19(15-10-4-6-12-17(15)26-22)28-24-30-21(14-8-2-1-3-9-14)31-25(32-24)29-20-16-11-5-7-13-18(16)27-23(20)34;;;/h1-13H,(H2,26,27,28,29,30,31,32,33,34);2*1H;/q;;;+2/p-2. The number of nitrogens with one attached hydrogen (secondary N) is 2. The number of amides is 2. The van der Waals surface area contributed by atoms with E-state index in [9.17, 15) is 9.59 Å². The first-order valence-electron chi connectivity index (χ1n) is 10.5. The van der Waals surface area contributed by atoms with Gasteiger partial charge < -0.3 is 35.4 Å². The van der Waals surface area contributed by atoms with Gasteiger partial charge in [-0.1, -0.05) is 66.7 Å². The van der Waals surface area contributed by atoms with Crippen molar-refractivity contribution in [2.45, 2.75) is 0 Å². The number of halogens is 2. The SMILES string of the molecule is O=C1Nc2ccccc2/C1=N\c1nc(/N=C2/C(=O)Nc3ccccc32)nc(-c2ccccc2)n1.[Cl-].[Cl-].[Ni+2]. The minimum absolute atomic E-state index is 0. The molecule has 2 aliphatic heterocycles. The molecule has 3 heterocycles. The monoisotopic (exact) mass is 573 g/mol. The Labute approximate surface area is 233 Å². The minimum Gasteiger partial charge on any atom is -1.00 e. The summed E-state index contributed by atoms with van der Waals surface area (Å²) in [7, 11) is 0. The average Bonchev–Trinajstić information content (AvgIpc) is 3.35. The van der Waals surface area contributed by atoms with E-state index in [1.54, 1.807) is 24.3 Å². The van der Waals surface area contributed by atoms with Crippen LogP contribution in [0, 0.1) is 0 Å². The summed E-state index contributed by atoms with van der Waals surface area (Å²) in [6.07, 6.45) is 0. The first-order valence-corrected chi connectivity index (χ1v) is 10.5. The number of hydrogen-bond acceptors (Lipinski definition) is 7. The normalized spacial score (nSPS) is 15.0. The Morgan fingerprint density at radius 1 is 0.568 bits per heavy atom. The van der Waals surface area contributed by atoms with Crippen LogP contribution in [0.4, 0.5) is 23.3 Å². The van der Waals surface area contributed by atoms with E-state index >= 15 is 0 Å². The van der Waals surface area contributed by atoms with E-state index in [1.807, 2.05) is 54.6 Å². The van der Waals surface area contributed by atoms with Gasteiger partial charge >= 0.3 is 16.5 Å². The van der Waals surface area contributed by atoms with Crippen molar-refractivity contribution in [3.05, 3.63) is 90.0 Å². The van der Waals surface area contributed by atoms with Crippen molar-refractivity contribution in [3.63, 3.8) is 0 Å². The van der Waals surface area contributed by atoms with Crippen molar-refractivity contribution >= 4 is 46.5 Å². The second-order valence-corrected chi connectivity index (χ2v) is 7.55. The van der Waals surface area contributed by atoms with Crippen LogP contribution in [0.25, 0.3) is 11.4 Å². The van der Waals surface area contributed by atoms with Crippen molar-refractivity contribution < 1.29 is 50.9 Å². The molecular weight excluding hydrogens is 560 g/mol. The number of anilines is 2. The summed E-state index contributed by atoms with van der Waals surface area (Å²) < 4.78 is 0. The number of carbonyl (C=O) groups excluding carboxylic acids is 2. The van der Waals surface area contributed by atoms with E-state index in [0.717, 1.165) is 5.56 Å². The molecule has 3 aromatic carbocycles. The first kappa shape index (κ1) is 27.6. The van der Waals surface area contributed by atoms with Gasteiger partial charge in [-0.25, -0.2) is 9.98 Å². The van der Waals surface area contributed by atoms with Crippen LogP contribution in [0.2, 0.25) is 0 Å². The third kappa shape index (κ3) is 5.27. The number of para-hydroxylation sites is 2. The molecule has 12 heteroatoms. The van der Waals surface area contributed by atoms with Gasteiger partial charge in [-0.3, -0.25) is 9.59 Å². The molecule has 2 aliphatic rings. The Morgan fingerprint density at radius 3 is 1.49 bits per heavy atom. The molecule has 0 radical (unpaired) electrons. The first-order chi connectivity index (χ1) is 16.7. The molecule has 0 bridgehead atoms. The predicted molar refractivity (Wildman–Crippen MR) is 128 cm³/mol. The molecule has 0 atom stereocenters.